The van der Waals surface area contributed by atoms with Crippen LogP contribution in [0.3, 0.4) is 0 Å². The maximum atomic E-state index is 13.4. The summed E-state index contributed by atoms with van der Waals surface area (Å²) in [6.07, 6.45) is 5.57. The summed E-state index contributed by atoms with van der Waals surface area (Å²) in [4.78, 5) is 47.9. The minimum Gasteiger partial charge on any atom is -0.458 e. The number of carbonyl (C=O) groups is 2. The van der Waals surface area contributed by atoms with Crippen LogP contribution in [0.1, 0.15) is 62.1 Å². The van der Waals surface area contributed by atoms with Gasteiger partial charge < -0.3 is 45.4 Å². The average Bonchev–Trinajstić information content (AvgIpc) is 3.36. The minimum atomic E-state index is -1.86. The molecule has 246 valence electrons. The van der Waals surface area contributed by atoms with Gasteiger partial charge in [0.2, 0.25) is 0 Å². The van der Waals surface area contributed by atoms with Crippen molar-refractivity contribution in [3.8, 4) is 17.1 Å². The quantitative estimate of drug-likeness (QED) is 0.321. The molecule has 4 aliphatic heterocycles. The van der Waals surface area contributed by atoms with Crippen molar-refractivity contribution in [3.05, 3.63) is 57.4 Å². The van der Waals surface area contributed by atoms with Crippen LogP contribution in [0.5, 0.6) is 5.75 Å². The number of pyridine rings is 2. The highest BCUT2D eigenvalue weighted by atomic mass is 35.5. The lowest BCUT2D eigenvalue weighted by atomic mass is 9.86. The van der Waals surface area contributed by atoms with Crippen LogP contribution in [0.25, 0.3) is 22.3 Å². The van der Waals surface area contributed by atoms with Gasteiger partial charge in [0.05, 0.1) is 29.0 Å². The highest BCUT2D eigenvalue weighted by Crippen LogP contribution is 2.39. The van der Waals surface area contributed by atoms with Crippen LogP contribution >= 0.6 is 12.4 Å². The third-order valence-electron chi connectivity index (χ3n) is 9.31. The van der Waals surface area contributed by atoms with Gasteiger partial charge >= 0.3 is 12.1 Å². The highest BCUT2D eigenvalue weighted by molar-refractivity contribution is 5.87. The molecule has 2 saturated heterocycles. The first-order chi connectivity index (χ1) is 19.9. The Morgan fingerprint density at radius 2 is 1.76 bits per heavy atom. The monoisotopic (exact) mass is 648 g/mol. The number of aliphatic hydroxyl groups is 1. The number of hydrogen-bond acceptors (Lipinski definition) is 8. The topological polar surface area (TPSA) is 209 Å². The summed E-state index contributed by atoms with van der Waals surface area (Å²) in [6.45, 7) is 5.57. The molecule has 45 heavy (non-hydrogen) atoms. The van der Waals surface area contributed by atoms with E-state index in [0.717, 1.165) is 23.8 Å². The van der Waals surface area contributed by atoms with E-state index in [-0.39, 0.29) is 53.5 Å². The van der Waals surface area contributed by atoms with Crippen LogP contribution in [0.15, 0.2) is 35.1 Å². The van der Waals surface area contributed by atoms with Crippen LogP contribution in [0.4, 0.5) is 4.79 Å². The molecule has 2 aromatic heterocycles. The molecule has 13 nitrogen and oxygen atoms in total. The number of ether oxygens (including phenoxy) is 2. The lowest BCUT2D eigenvalue weighted by Crippen LogP contribution is -2.48. The van der Waals surface area contributed by atoms with Gasteiger partial charge in [0, 0.05) is 35.6 Å². The van der Waals surface area contributed by atoms with Gasteiger partial charge in [-0.05, 0) is 75.5 Å². The summed E-state index contributed by atoms with van der Waals surface area (Å²) >= 11 is 0. The second kappa shape index (κ2) is 13.8. The molecule has 6 heterocycles. The second-order valence-electron chi connectivity index (χ2n) is 11.6. The third kappa shape index (κ3) is 6.03. The maximum absolute atomic E-state index is 13.4. The van der Waals surface area contributed by atoms with Gasteiger partial charge in [-0.2, -0.15) is 0 Å². The zero-order valence-electron chi connectivity index (χ0n) is 25.1. The molecule has 1 atom stereocenters. The first-order valence-electron chi connectivity index (χ1n) is 14.7. The van der Waals surface area contributed by atoms with Crippen LogP contribution in [-0.2, 0) is 28.3 Å². The molecule has 7 N–H and O–H groups in total. The number of rotatable bonds is 3. The van der Waals surface area contributed by atoms with E-state index in [1.165, 1.54) is 32.4 Å². The Hall–Kier alpha value is -3.59. The van der Waals surface area contributed by atoms with E-state index in [2.05, 4.69) is 4.90 Å². The lowest BCUT2D eigenvalue weighted by molar-refractivity contribution is -0.172. The Bertz CT molecular complexity index is 1630. The largest absolute Gasteiger partial charge is 0.458 e. The number of aromatic nitrogens is 2. The fraction of sp³-hybridized carbons (Fsp3) is 0.484. The Kier molecular flexibility index (Phi) is 11.0. The summed E-state index contributed by atoms with van der Waals surface area (Å²) in [6, 6.07) is 9.56. The lowest BCUT2D eigenvalue weighted by Gasteiger charge is -2.39. The Labute approximate surface area is 266 Å². The summed E-state index contributed by atoms with van der Waals surface area (Å²) in [5, 5.41) is 11.9. The number of carbonyl (C=O) groups excluding carboxylic acids is 2. The standard InChI is InChI=1S/C31H34N4O6.ClH.3H2O/c1-2-31(39)24-16-26-27-20(17-35(26)28(36)23(24)18-40-29(31)37)14-19-15-22(6-7-25(19)32-27)41-30(38)34-12-8-21(9-13-34)33-10-4-3-5-11-33;;;;/h6-7,14-16,21,39H,2-5,8-13,17-18H2,1H3;1H;3*1H2/t31-;;;;/m0..../s1. The molecule has 14 heteroatoms. The molecular formula is C31H41ClN4O9. The number of nitrogens with zero attached hydrogens (tertiary/aromatic N) is 4. The van der Waals surface area contributed by atoms with E-state index in [9.17, 15) is 19.5 Å². The van der Waals surface area contributed by atoms with Crippen molar-refractivity contribution in [2.45, 2.75) is 70.2 Å². The number of esters is 1. The van der Waals surface area contributed by atoms with E-state index in [1.54, 1.807) is 40.7 Å². The molecule has 0 bridgehead atoms. The number of fused-ring (bicyclic) bond motifs is 5. The predicted octanol–water partition coefficient (Wildman–Crippen LogP) is 1.48. The molecule has 7 rings (SSSR count). The summed E-state index contributed by atoms with van der Waals surface area (Å²) in [5.74, 6) is -0.288. The number of likely N-dealkylation sites (tertiary alicyclic amines) is 2. The van der Waals surface area contributed by atoms with Gasteiger partial charge in [-0.1, -0.05) is 13.3 Å². The van der Waals surface area contributed by atoms with Crippen LogP contribution in [-0.4, -0.2) is 85.2 Å². The first kappa shape index (κ1) is 35.9. The zero-order valence-corrected chi connectivity index (χ0v) is 26.0. The van der Waals surface area contributed by atoms with Crippen LogP contribution in [0, 0.1) is 0 Å². The Morgan fingerprint density at radius 1 is 1.04 bits per heavy atom. The van der Waals surface area contributed by atoms with E-state index in [0.29, 0.717) is 59.5 Å². The van der Waals surface area contributed by atoms with Crippen LogP contribution < -0.4 is 10.3 Å². The molecule has 4 aliphatic rings. The number of halogens is 1. The van der Waals surface area contributed by atoms with E-state index in [1.807, 2.05) is 6.07 Å². The minimum absolute atomic E-state index is 0. The predicted molar refractivity (Wildman–Crippen MR) is 169 cm³/mol. The molecule has 0 aliphatic carbocycles. The zero-order chi connectivity index (χ0) is 28.3. The Balaban J connectivity index is 0.00000138. The fourth-order valence-corrected chi connectivity index (χ4v) is 6.89. The van der Waals surface area contributed by atoms with Crippen molar-refractivity contribution < 1.29 is 40.6 Å². The Morgan fingerprint density at radius 3 is 2.44 bits per heavy atom. The van der Waals surface area contributed by atoms with Crippen molar-refractivity contribution in [1.29, 1.82) is 0 Å². The average molecular weight is 649 g/mol. The van der Waals surface area contributed by atoms with Gasteiger partial charge in [-0.3, -0.25) is 4.79 Å². The molecular weight excluding hydrogens is 608 g/mol. The van der Waals surface area contributed by atoms with Gasteiger partial charge in [0.15, 0.2) is 5.60 Å². The van der Waals surface area contributed by atoms with Crippen LogP contribution in [0.2, 0.25) is 0 Å². The number of cyclic esters (lactones) is 1. The van der Waals surface area contributed by atoms with Crippen molar-refractivity contribution >= 4 is 35.4 Å². The number of benzene rings is 1. The normalized spacial score (nSPS) is 20.7. The van der Waals surface area contributed by atoms with Crippen molar-refractivity contribution in [1.82, 2.24) is 19.4 Å². The molecule has 0 unspecified atom stereocenters. The summed E-state index contributed by atoms with van der Waals surface area (Å²) < 4.78 is 12.5. The molecule has 3 aromatic rings. The highest BCUT2D eigenvalue weighted by Gasteiger charge is 2.45. The number of amides is 1. The molecule has 1 aromatic carbocycles. The summed E-state index contributed by atoms with van der Waals surface area (Å²) in [5.41, 5.74) is 1.17. The van der Waals surface area contributed by atoms with E-state index < -0.39 is 11.6 Å². The van der Waals surface area contributed by atoms with Gasteiger partial charge in [-0.25, -0.2) is 14.6 Å². The van der Waals surface area contributed by atoms with E-state index >= 15 is 0 Å². The number of piperidine rings is 2. The van der Waals surface area contributed by atoms with Gasteiger partial charge in [0.25, 0.3) is 5.56 Å². The molecule has 0 spiro atoms. The van der Waals surface area contributed by atoms with E-state index in [4.69, 9.17) is 14.5 Å². The molecule has 2 fully saturated rings. The molecule has 0 radical (unpaired) electrons. The molecule has 0 saturated carbocycles. The number of hydrogen-bond donors (Lipinski definition) is 1. The molecule has 1 amide bonds. The van der Waals surface area contributed by atoms with Gasteiger partial charge in [0.1, 0.15) is 12.4 Å². The smallest absolute Gasteiger partial charge is 0.415 e. The van der Waals surface area contributed by atoms with Crippen molar-refractivity contribution in [3.63, 3.8) is 0 Å². The summed E-state index contributed by atoms with van der Waals surface area (Å²) in [7, 11) is 0. The fourth-order valence-electron chi connectivity index (χ4n) is 6.89. The van der Waals surface area contributed by atoms with Crippen molar-refractivity contribution in [2.75, 3.05) is 26.2 Å². The SMILES string of the molecule is CC[C@@]1(O)C(=O)OCc2c1cc1n(c2=O)Cc2cc3cc(OC(=O)N4CCC(N5CCCCC5)CC4)ccc3nc2-1.Cl.O.O.O. The second-order valence-corrected chi connectivity index (χ2v) is 11.6. The maximum Gasteiger partial charge on any atom is 0.415 e. The van der Waals surface area contributed by atoms with Crippen molar-refractivity contribution in [2.24, 2.45) is 0 Å². The van der Waals surface area contributed by atoms with Gasteiger partial charge in [-0.15, -0.1) is 12.4 Å². The first-order valence-corrected chi connectivity index (χ1v) is 14.7. The third-order valence-corrected chi connectivity index (χ3v) is 9.31.